The third-order valence-corrected chi connectivity index (χ3v) is 5.15. The zero-order chi connectivity index (χ0) is 12.3. The van der Waals surface area contributed by atoms with E-state index < -0.39 is 5.41 Å². The van der Waals surface area contributed by atoms with Gasteiger partial charge < -0.3 is 4.90 Å². The van der Waals surface area contributed by atoms with E-state index in [1.54, 1.807) is 0 Å². The summed E-state index contributed by atoms with van der Waals surface area (Å²) in [7, 11) is 0. The van der Waals surface area contributed by atoms with E-state index in [1.165, 1.54) is 6.42 Å². The molecule has 1 heterocycles. The minimum atomic E-state index is -0.700. The van der Waals surface area contributed by atoms with Gasteiger partial charge in [0.1, 0.15) is 5.41 Å². The number of thioether (sulfide) groups is 1. The van der Waals surface area contributed by atoms with Gasteiger partial charge in [-0.15, -0.1) is 0 Å². The van der Waals surface area contributed by atoms with Crippen LogP contribution in [-0.2, 0) is 4.79 Å². The van der Waals surface area contributed by atoms with Crippen LogP contribution in [0.5, 0.6) is 0 Å². The van der Waals surface area contributed by atoms with Gasteiger partial charge in [-0.3, -0.25) is 4.79 Å². The van der Waals surface area contributed by atoms with E-state index in [1.807, 2.05) is 16.7 Å². The Balaban J connectivity index is 2.13. The van der Waals surface area contributed by atoms with Crippen LogP contribution in [0.25, 0.3) is 0 Å². The molecule has 0 bridgehead atoms. The SMILES string of the molecule is CC1CSCCN1C(=O)C1(C#N)CCCCC1. The number of hydrogen-bond donors (Lipinski definition) is 0. The Hall–Kier alpha value is -0.690. The summed E-state index contributed by atoms with van der Waals surface area (Å²) in [6.45, 7) is 2.91. The summed E-state index contributed by atoms with van der Waals surface area (Å²) in [6, 6.07) is 2.62. The van der Waals surface area contributed by atoms with Crippen LogP contribution < -0.4 is 0 Å². The Morgan fingerprint density at radius 3 is 2.71 bits per heavy atom. The molecule has 1 amide bonds. The molecule has 2 fully saturated rings. The van der Waals surface area contributed by atoms with Crippen molar-refractivity contribution in [3.8, 4) is 6.07 Å². The molecule has 94 valence electrons. The summed E-state index contributed by atoms with van der Waals surface area (Å²) in [6.07, 6.45) is 4.74. The van der Waals surface area contributed by atoms with Crippen molar-refractivity contribution in [3.05, 3.63) is 0 Å². The smallest absolute Gasteiger partial charge is 0.243 e. The lowest BCUT2D eigenvalue weighted by molar-refractivity contribution is -0.142. The van der Waals surface area contributed by atoms with Crippen LogP contribution in [0, 0.1) is 16.7 Å². The third kappa shape index (κ3) is 2.44. The maximum absolute atomic E-state index is 12.6. The van der Waals surface area contributed by atoms with E-state index in [4.69, 9.17) is 0 Å². The van der Waals surface area contributed by atoms with Crippen LogP contribution in [0.2, 0.25) is 0 Å². The van der Waals surface area contributed by atoms with Crippen molar-refractivity contribution in [1.29, 1.82) is 5.26 Å². The molecule has 0 spiro atoms. The molecule has 0 radical (unpaired) electrons. The van der Waals surface area contributed by atoms with Gasteiger partial charge in [-0.2, -0.15) is 17.0 Å². The van der Waals surface area contributed by atoms with Gasteiger partial charge in [0.05, 0.1) is 6.07 Å². The molecule has 2 rings (SSSR count). The second-order valence-corrected chi connectivity index (χ2v) is 6.33. The predicted octanol–water partition coefficient (Wildman–Crippen LogP) is 2.42. The van der Waals surface area contributed by atoms with Gasteiger partial charge in [-0.1, -0.05) is 19.3 Å². The van der Waals surface area contributed by atoms with Crippen LogP contribution in [0.3, 0.4) is 0 Å². The topological polar surface area (TPSA) is 44.1 Å². The van der Waals surface area contributed by atoms with Crippen LogP contribution in [-0.4, -0.2) is 34.9 Å². The molecule has 1 unspecified atom stereocenters. The average molecular weight is 252 g/mol. The Bertz CT molecular complexity index is 331. The first-order chi connectivity index (χ1) is 8.19. The number of nitriles is 1. The second-order valence-electron chi connectivity index (χ2n) is 5.18. The quantitative estimate of drug-likeness (QED) is 0.720. The Kier molecular flexibility index (Phi) is 3.98. The van der Waals surface area contributed by atoms with Gasteiger partial charge in [0, 0.05) is 24.1 Å². The highest BCUT2D eigenvalue weighted by Crippen LogP contribution is 2.38. The van der Waals surface area contributed by atoms with Crippen molar-refractivity contribution < 1.29 is 4.79 Å². The number of carbonyl (C=O) groups excluding carboxylic acids is 1. The van der Waals surface area contributed by atoms with Gasteiger partial charge in [-0.05, 0) is 19.8 Å². The fourth-order valence-corrected chi connectivity index (χ4v) is 3.85. The highest BCUT2D eigenvalue weighted by atomic mass is 32.2. The van der Waals surface area contributed by atoms with Gasteiger partial charge >= 0.3 is 0 Å². The number of carbonyl (C=O) groups is 1. The summed E-state index contributed by atoms with van der Waals surface area (Å²) < 4.78 is 0. The molecular formula is C13H20N2OS. The molecule has 1 saturated carbocycles. The first kappa shape index (κ1) is 12.8. The van der Waals surface area contributed by atoms with E-state index in [2.05, 4.69) is 13.0 Å². The lowest BCUT2D eigenvalue weighted by atomic mass is 9.74. The summed E-state index contributed by atoms with van der Waals surface area (Å²) >= 11 is 1.90. The van der Waals surface area contributed by atoms with Crippen molar-refractivity contribution in [2.45, 2.75) is 45.1 Å². The molecular weight excluding hydrogens is 232 g/mol. The minimum Gasteiger partial charge on any atom is -0.337 e. The molecule has 2 aliphatic rings. The largest absolute Gasteiger partial charge is 0.337 e. The Morgan fingerprint density at radius 1 is 1.41 bits per heavy atom. The van der Waals surface area contributed by atoms with Crippen molar-refractivity contribution in [1.82, 2.24) is 4.90 Å². The molecule has 0 aromatic carbocycles. The fourth-order valence-electron chi connectivity index (χ4n) is 2.83. The molecule has 1 atom stereocenters. The summed E-state index contributed by atoms with van der Waals surface area (Å²) in [4.78, 5) is 14.6. The average Bonchev–Trinajstić information content (AvgIpc) is 2.39. The molecule has 3 nitrogen and oxygen atoms in total. The first-order valence-corrected chi connectivity index (χ1v) is 7.65. The van der Waals surface area contributed by atoms with E-state index in [0.717, 1.165) is 43.7 Å². The molecule has 1 saturated heterocycles. The van der Waals surface area contributed by atoms with Gasteiger partial charge in [-0.25, -0.2) is 0 Å². The lowest BCUT2D eigenvalue weighted by Gasteiger charge is -2.40. The maximum atomic E-state index is 12.6. The normalized spacial score (nSPS) is 28.5. The zero-order valence-corrected chi connectivity index (χ0v) is 11.3. The van der Waals surface area contributed by atoms with Gasteiger partial charge in [0.2, 0.25) is 5.91 Å². The van der Waals surface area contributed by atoms with Crippen LogP contribution >= 0.6 is 11.8 Å². The highest BCUT2D eigenvalue weighted by molar-refractivity contribution is 7.99. The Morgan fingerprint density at radius 2 is 2.12 bits per heavy atom. The van der Waals surface area contributed by atoms with E-state index in [9.17, 15) is 10.1 Å². The third-order valence-electron chi connectivity index (χ3n) is 3.96. The molecule has 17 heavy (non-hydrogen) atoms. The second kappa shape index (κ2) is 5.30. The summed E-state index contributed by atoms with van der Waals surface area (Å²) in [5, 5.41) is 9.43. The van der Waals surface area contributed by atoms with Crippen molar-refractivity contribution in [3.63, 3.8) is 0 Å². The highest BCUT2D eigenvalue weighted by Gasteiger charge is 2.43. The van der Waals surface area contributed by atoms with Crippen molar-refractivity contribution in [2.75, 3.05) is 18.1 Å². The molecule has 0 aromatic heterocycles. The summed E-state index contributed by atoms with van der Waals surface area (Å²) in [5.74, 6) is 2.12. The number of nitrogens with zero attached hydrogens (tertiary/aromatic N) is 2. The number of hydrogen-bond acceptors (Lipinski definition) is 3. The van der Waals surface area contributed by atoms with Gasteiger partial charge in [0.15, 0.2) is 0 Å². The van der Waals surface area contributed by atoms with Crippen LogP contribution in [0.15, 0.2) is 0 Å². The van der Waals surface area contributed by atoms with Crippen LogP contribution in [0.1, 0.15) is 39.0 Å². The Labute approximate surface area is 108 Å². The van der Waals surface area contributed by atoms with E-state index in [-0.39, 0.29) is 11.9 Å². The molecule has 4 heteroatoms. The monoisotopic (exact) mass is 252 g/mol. The minimum absolute atomic E-state index is 0.104. The van der Waals surface area contributed by atoms with E-state index in [0.29, 0.717) is 0 Å². The molecule has 1 aliphatic carbocycles. The fraction of sp³-hybridized carbons (Fsp3) is 0.846. The maximum Gasteiger partial charge on any atom is 0.243 e. The molecule has 1 aliphatic heterocycles. The van der Waals surface area contributed by atoms with E-state index >= 15 is 0 Å². The van der Waals surface area contributed by atoms with Crippen molar-refractivity contribution in [2.24, 2.45) is 5.41 Å². The van der Waals surface area contributed by atoms with Crippen molar-refractivity contribution >= 4 is 17.7 Å². The molecule has 0 aromatic rings. The lowest BCUT2D eigenvalue weighted by Crippen LogP contribution is -2.51. The first-order valence-electron chi connectivity index (χ1n) is 6.50. The van der Waals surface area contributed by atoms with Gasteiger partial charge in [0.25, 0.3) is 0 Å². The number of amides is 1. The predicted molar refractivity (Wildman–Crippen MR) is 69.6 cm³/mol. The molecule has 0 N–H and O–H groups in total. The standard InChI is InChI=1S/C13H20N2OS/c1-11-9-17-8-7-15(11)12(16)13(10-14)5-3-2-4-6-13/h11H,2-9H2,1H3. The zero-order valence-electron chi connectivity index (χ0n) is 10.4. The number of rotatable bonds is 1. The van der Waals surface area contributed by atoms with Crippen LogP contribution in [0.4, 0.5) is 0 Å². The summed E-state index contributed by atoms with van der Waals surface area (Å²) in [5.41, 5.74) is -0.700.